The molecule has 1 unspecified atom stereocenters. The Morgan fingerprint density at radius 2 is 1.95 bits per heavy atom. The maximum atomic E-state index is 6.11. The second kappa shape index (κ2) is 5.70. The molecule has 114 valence electrons. The van der Waals surface area contributed by atoms with Crippen LogP contribution in [-0.4, -0.2) is 36.8 Å². The number of alkyl halides is 3. The molecule has 0 N–H and O–H groups in total. The first-order chi connectivity index (χ1) is 8.83. The smallest absolute Gasteiger partial charge is 0.266 e. The average molecular weight is 357 g/mol. The number of terminal acetylenes is 1. The molecule has 1 aliphatic rings. The molecule has 0 aromatic heterocycles. The van der Waals surface area contributed by atoms with Gasteiger partial charge in [0.05, 0.1) is 6.61 Å². The van der Waals surface area contributed by atoms with Crippen LogP contribution < -0.4 is 0 Å². The molecule has 0 bridgehead atoms. The average Bonchev–Trinajstić information content (AvgIpc) is 2.70. The summed E-state index contributed by atoms with van der Waals surface area (Å²) in [5.41, 5.74) is -0.908. The molecule has 0 aliphatic carbocycles. The number of hydrogen-bond donors (Lipinski definition) is 0. The van der Waals surface area contributed by atoms with E-state index in [0.717, 1.165) is 0 Å². The highest BCUT2D eigenvalue weighted by molar-refractivity contribution is 6.76. The van der Waals surface area contributed by atoms with Crippen LogP contribution in [0.3, 0.4) is 0 Å². The molecule has 7 heteroatoms. The number of rotatable bonds is 3. The van der Waals surface area contributed by atoms with Crippen molar-refractivity contribution in [2.75, 3.05) is 13.2 Å². The Kier molecular flexibility index (Phi) is 5.16. The maximum Gasteiger partial charge on any atom is 0.266 e. The summed E-state index contributed by atoms with van der Waals surface area (Å²) < 4.78 is 9.74. The van der Waals surface area contributed by atoms with E-state index in [0.29, 0.717) is 0 Å². The lowest BCUT2D eigenvalue weighted by Crippen LogP contribution is -2.45. The Bertz CT molecular complexity index is 446. The number of hydrogen-bond acceptors (Lipinski definition) is 3. The van der Waals surface area contributed by atoms with Crippen molar-refractivity contribution in [3.05, 3.63) is 0 Å². The molecule has 1 atom stereocenters. The number of halogens is 3. The second-order valence-electron chi connectivity index (χ2n) is 6.43. The van der Waals surface area contributed by atoms with Gasteiger partial charge in [0.2, 0.25) is 5.90 Å². The molecule has 0 aromatic carbocycles. The van der Waals surface area contributed by atoms with Gasteiger partial charge >= 0.3 is 0 Å². The SMILES string of the molecule is C#CC1(CO[Si](C)(C)C(C)(C)C)COC(C(Cl)(Cl)Cl)=N1. The summed E-state index contributed by atoms with van der Waals surface area (Å²) in [5.74, 6) is 2.64. The highest BCUT2D eigenvalue weighted by Crippen LogP contribution is 2.38. The molecule has 0 radical (unpaired) electrons. The van der Waals surface area contributed by atoms with E-state index in [2.05, 4.69) is 44.8 Å². The fraction of sp³-hybridized carbons (Fsp3) is 0.769. The molecule has 0 saturated carbocycles. The zero-order valence-electron chi connectivity index (χ0n) is 12.4. The molecule has 0 amide bonds. The maximum absolute atomic E-state index is 6.11. The van der Waals surface area contributed by atoms with E-state index in [4.69, 9.17) is 50.4 Å². The standard InChI is InChI=1S/C13H20Cl3NO2Si/c1-7-12(8-18-10(17-12)13(14,15)16)9-19-20(5,6)11(2,3)4/h1H,8-9H2,2-6H3. The van der Waals surface area contributed by atoms with Crippen LogP contribution in [0.25, 0.3) is 0 Å². The van der Waals surface area contributed by atoms with Crippen molar-refractivity contribution in [3.8, 4) is 12.3 Å². The van der Waals surface area contributed by atoms with Crippen molar-refractivity contribution in [3.63, 3.8) is 0 Å². The van der Waals surface area contributed by atoms with Crippen LogP contribution in [0.4, 0.5) is 0 Å². The van der Waals surface area contributed by atoms with Gasteiger partial charge in [-0.2, -0.15) is 0 Å². The van der Waals surface area contributed by atoms with Crippen LogP contribution in [0.2, 0.25) is 18.1 Å². The summed E-state index contributed by atoms with van der Waals surface area (Å²) in [6.07, 6.45) is 5.58. The summed E-state index contributed by atoms with van der Waals surface area (Å²) in [4.78, 5) is 4.25. The predicted molar refractivity (Wildman–Crippen MR) is 88.4 cm³/mol. The molecule has 1 heterocycles. The van der Waals surface area contributed by atoms with Crippen molar-refractivity contribution in [2.24, 2.45) is 4.99 Å². The molecule has 0 aromatic rings. The van der Waals surface area contributed by atoms with Gasteiger partial charge in [-0.1, -0.05) is 61.5 Å². The highest BCUT2D eigenvalue weighted by atomic mass is 35.6. The van der Waals surface area contributed by atoms with E-state index < -0.39 is 17.6 Å². The summed E-state index contributed by atoms with van der Waals surface area (Å²) in [5, 5.41) is 0.0873. The van der Waals surface area contributed by atoms with Crippen LogP contribution in [0.15, 0.2) is 4.99 Å². The zero-order chi connectivity index (χ0) is 15.8. The lowest BCUT2D eigenvalue weighted by atomic mass is 10.1. The summed E-state index contributed by atoms with van der Waals surface area (Å²) in [7, 11) is -1.92. The predicted octanol–water partition coefficient (Wildman–Crippen LogP) is 4.18. The molecule has 1 rings (SSSR count). The topological polar surface area (TPSA) is 30.8 Å². The van der Waals surface area contributed by atoms with Crippen LogP contribution >= 0.6 is 34.8 Å². The summed E-state index contributed by atoms with van der Waals surface area (Å²) in [6.45, 7) is 11.2. The minimum atomic E-state index is -1.92. The van der Waals surface area contributed by atoms with Gasteiger partial charge in [-0.15, -0.1) is 6.42 Å². The summed E-state index contributed by atoms with van der Waals surface area (Å²) >= 11 is 17.3. The van der Waals surface area contributed by atoms with Crippen LogP contribution in [-0.2, 0) is 9.16 Å². The molecule has 1 aliphatic heterocycles. The van der Waals surface area contributed by atoms with E-state index in [1.165, 1.54) is 0 Å². The zero-order valence-corrected chi connectivity index (χ0v) is 15.7. The van der Waals surface area contributed by atoms with Gasteiger partial charge in [0.1, 0.15) is 6.61 Å². The van der Waals surface area contributed by atoms with E-state index in [9.17, 15) is 0 Å². The van der Waals surface area contributed by atoms with Gasteiger partial charge in [-0.25, -0.2) is 4.99 Å². The second-order valence-corrected chi connectivity index (χ2v) is 13.5. The Balaban J connectivity index is 2.86. The van der Waals surface area contributed by atoms with Crippen LogP contribution in [0, 0.1) is 12.3 Å². The number of aliphatic imine (C=N–C) groups is 1. The number of nitrogens with zero attached hydrogens (tertiary/aromatic N) is 1. The minimum absolute atomic E-state index is 0.0271. The first-order valence-electron chi connectivity index (χ1n) is 6.25. The highest BCUT2D eigenvalue weighted by Gasteiger charge is 2.45. The Morgan fingerprint density at radius 1 is 1.40 bits per heavy atom. The van der Waals surface area contributed by atoms with Crippen molar-refractivity contribution < 1.29 is 9.16 Å². The Hall–Kier alpha value is 0.0769. The van der Waals surface area contributed by atoms with Crippen molar-refractivity contribution >= 4 is 49.0 Å². The molecule has 20 heavy (non-hydrogen) atoms. The molecule has 0 fully saturated rings. The van der Waals surface area contributed by atoms with Crippen LogP contribution in [0.5, 0.6) is 0 Å². The largest absolute Gasteiger partial charge is 0.474 e. The normalized spacial score (nSPS) is 24.1. The molecular weight excluding hydrogens is 337 g/mol. The van der Waals surface area contributed by atoms with E-state index >= 15 is 0 Å². The lowest BCUT2D eigenvalue weighted by Gasteiger charge is -2.37. The van der Waals surface area contributed by atoms with E-state index in [1.807, 2.05) is 0 Å². The third-order valence-corrected chi connectivity index (χ3v) is 8.72. The van der Waals surface area contributed by atoms with E-state index in [-0.39, 0.29) is 24.1 Å². The van der Waals surface area contributed by atoms with Gasteiger partial charge < -0.3 is 9.16 Å². The quantitative estimate of drug-likeness (QED) is 0.431. The van der Waals surface area contributed by atoms with Crippen molar-refractivity contribution in [1.82, 2.24) is 0 Å². The van der Waals surface area contributed by atoms with Gasteiger partial charge in [-0.05, 0) is 18.1 Å². The monoisotopic (exact) mass is 355 g/mol. The van der Waals surface area contributed by atoms with E-state index in [1.54, 1.807) is 0 Å². The molecular formula is C13H20Cl3NO2Si. The van der Waals surface area contributed by atoms with Crippen LogP contribution in [0.1, 0.15) is 20.8 Å². The first kappa shape index (κ1) is 18.1. The third kappa shape index (κ3) is 4.05. The van der Waals surface area contributed by atoms with Gasteiger partial charge in [-0.3, -0.25) is 0 Å². The molecule has 0 spiro atoms. The fourth-order valence-corrected chi connectivity index (χ4v) is 2.62. The number of ether oxygens (including phenoxy) is 1. The van der Waals surface area contributed by atoms with Gasteiger partial charge in [0.15, 0.2) is 13.9 Å². The fourth-order valence-electron chi connectivity index (χ4n) is 1.30. The van der Waals surface area contributed by atoms with Crippen molar-refractivity contribution in [1.29, 1.82) is 0 Å². The molecule has 0 saturated heterocycles. The molecule has 3 nitrogen and oxygen atoms in total. The minimum Gasteiger partial charge on any atom is -0.474 e. The lowest BCUT2D eigenvalue weighted by molar-refractivity contribution is 0.195. The van der Waals surface area contributed by atoms with Crippen molar-refractivity contribution in [2.45, 2.75) is 48.2 Å². The van der Waals surface area contributed by atoms with Gasteiger partial charge in [0.25, 0.3) is 3.79 Å². The Morgan fingerprint density at radius 3 is 2.30 bits per heavy atom. The third-order valence-electron chi connectivity index (χ3n) is 3.75. The summed E-state index contributed by atoms with van der Waals surface area (Å²) in [6, 6.07) is 0. The first-order valence-corrected chi connectivity index (χ1v) is 10.3. The Labute approximate surface area is 137 Å². The van der Waals surface area contributed by atoms with Gasteiger partial charge in [0, 0.05) is 0 Å².